The Balaban J connectivity index is 1.49. The van der Waals surface area contributed by atoms with Crippen LogP contribution in [0.15, 0.2) is 102 Å². The molecule has 0 spiro atoms. The number of ether oxygens (including phenoxy) is 1. The van der Waals surface area contributed by atoms with Crippen molar-refractivity contribution >= 4 is 26.8 Å². The number of hydrogen-bond acceptors (Lipinski definition) is 5. The molecule has 0 aliphatic carbocycles. The molecule has 5 rings (SSSR count). The van der Waals surface area contributed by atoms with Crippen molar-refractivity contribution in [1.82, 2.24) is 14.3 Å². The van der Waals surface area contributed by atoms with Gasteiger partial charge < -0.3 is 9.30 Å². The van der Waals surface area contributed by atoms with Gasteiger partial charge in [-0.15, -0.1) is 0 Å². The van der Waals surface area contributed by atoms with E-state index in [1.54, 1.807) is 38.3 Å². The molecule has 1 N–H and O–H groups in total. The van der Waals surface area contributed by atoms with Crippen LogP contribution in [-0.2, 0) is 16.6 Å². The molecule has 0 unspecified atom stereocenters. The van der Waals surface area contributed by atoms with Gasteiger partial charge in [0, 0.05) is 16.6 Å². The maximum atomic E-state index is 12.9. The molecule has 0 saturated carbocycles. The number of nitrogens with zero attached hydrogens (tertiary/aromatic N) is 2. The van der Waals surface area contributed by atoms with Crippen LogP contribution < -0.4 is 9.46 Å². The Labute approximate surface area is 215 Å². The van der Waals surface area contributed by atoms with Crippen LogP contribution >= 0.6 is 0 Å². The van der Waals surface area contributed by atoms with Crippen molar-refractivity contribution in [3.05, 3.63) is 114 Å². The molecule has 0 fully saturated rings. The second-order valence-electron chi connectivity index (χ2n) is 8.62. The zero-order chi connectivity index (χ0) is 26.0. The van der Waals surface area contributed by atoms with Crippen LogP contribution in [-0.4, -0.2) is 31.0 Å². The summed E-state index contributed by atoms with van der Waals surface area (Å²) < 4.78 is 35.3. The molecule has 186 valence electrons. The number of fused-ring (bicyclic) bond motifs is 1. The average molecular weight is 512 g/mol. The Morgan fingerprint density at radius 2 is 1.68 bits per heavy atom. The molecule has 7 nitrogen and oxygen atoms in total. The van der Waals surface area contributed by atoms with E-state index in [1.165, 1.54) is 12.1 Å². The Morgan fingerprint density at radius 1 is 0.919 bits per heavy atom. The average Bonchev–Trinajstić information content (AvgIpc) is 3.26. The zero-order valence-electron chi connectivity index (χ0n) is 20.4. The van der Waals surface area contributed by atoms with Crippen LogP contribution in [0.1, 0.15) is 21.7 Å². The van der Waals surface area contributed by atoms with Gasteiger partial charge in [0.2, 0.25) is 0 Å². The molecular weight excluding hydrogens is 486 g/mol. The van der Waals surface area contributed by atoms with E-state index in [-0.39, 0.29) is 10.6 Å². The summed E-state index contributed by atoms with van der Waals surface area (Å²) >= 11 is 0. The van der Waals surface area contributed by atoms with Gasteiger partial charge in [-0.3, -0.25) is 4.79 Å². The first-order valence-corrected chi connectivity index (χ1v) is 13.2. The van der Waals surface area contributed by atoms with Crippen molar-refractivity contribution in [3.8, 4) is 17.0 Å². The number of carbonyl (C=O) groups excluding carboxylic acids is 1. The lowest BCUT2D eigenvalue weighted by molar-refractivity contribution is 0.0976. The first-order valence-electron chi connectivity index (χ1n) is 11.7. The SMILES string of the molecule is COc1ccc2c(c1)cc(-c1ccccc1)n2Cc1cccc(C(=O)NS(=O)(=O)c2ccccc2C)n1. The van der Waals surface area contributed by atoms with Gasteiger partial charge in [0.05, 0.1) is 24.2 Å². The minimum atomic E-state index is -4.04. The van der Waals surface area contributed by atoms with Crippen LogP contribution in [0.25, 0.3) is 22.2 Å². The second-order valence-corrected chi connectivity index (χ2v) is 10.3. The van der Waals surface area contributed by atoms with Gasteiger partial charge in [-0.05, 0) is 60.5 Å². The highest BCUT2D eigenvalue weighted by atomic mass is 32.2. The summed E-state index contributed by atoms with van der Waals surface area (Å²) in [4.78, 5) is 17.5. The lowest BCUT2D eigenvalue weighted by atomic mass is 10.1. The molecule has 0 aliphatic rings. The largest absolute Gasteiger partial charge is 0.497 e. The number of rotatable bonds is 7. The lowest BCUT2D eigenvalue weighted by Crippen LogP contribution is -2.31. The Bertz CT molecular complexity index is 1710. The fourth-order valence-electron chi connectivity index (χ4n) is 4.34. The first kappa shape index (κ1) is 24.3. The fraction of sp³-hybridized carbons (Fsp3) is 0.103. The van der Waals surface area contributed by atoms with Crippen molar-refractivity contribution in [2.24, 2.45) is 0 Å². The van der Waals surface area contributed by atoms with Crippen LogP contribution in [0, 0.1) is 6.92 Å². The zero-order valence-corrected chi connectivity index (χ0v) is 21.2. The number of pyridine rings is 1. The highest BCUT2D eigenvalue weighted by molar-refractivity contribution is 7.90. The van der Waals surface area contributed by atoms with Crippen LogP contribution in [0.2, 0.25) is 0 Å². The topological polar surface area (TPSA) is 90.3 Å². The molecule has 5 aromatic rings. The third-order valence-electron chi connectivity index (χ3n) is 6.15. The smallest absolute Gasteiger partial charge is 0.283 e. The van der Waals surface area contributed by atoms with E-state index < -0.39 is 15.9 Å². The molecule has 0 atom stereocenters. The summed E-state index contributed by atoms with van der Waals surface area (Å²) in [5.74, 6) is -0.0218. The standard InChI is InChI=1S/C29H25N3O4S/c1-20-9-6-7-14-28(20)37(34,35)31-29(33)25-13-8-12-23(30-25)19-32-26-16-15-24(36-2)17-22(26)18-27(32)21-10-4-3-5-11-21/h3-18H,19H2,1-2H3,(H,31,33). The predicted molar refractivity (Wildman–Crippen MR) is 143 cm³/mol. The van der Waals surface area contributed by atoms with E-state index in [1.807, 2.05) is 54.6 Å². The van der Waals surface area contributed by atoms with Crippen molar-refractivity contribution in [2.45, 2.75) is 18.4 Å². The van der Waals surface area contributed by atoms with Gasteiger partial charge in [0.1, 0.15) is 11.4 Å². The maximum Gasteiger partial charge on any atom is 0.283 e. The molecule has 0 bridgehead atoms. The fourth-order valence-corrected chi connectivity index (χ4v) is 5.55. The van der Waals surface area contributed by atoms with Gasteiger partial charge in [0.25, 0.3) is 15.9 Å². The summed E-state index contributed by atoms with van der Waals surface area (Å²) in [6.07, 6.45) is 0. The molecule has 2 heterocycles. The summed E-state index contributed by atoms with van der Waals surface area (Å²) in [7, 11) is -2.40. The quantitative estimate of drug-likeness (QED) is 0.325. The summed E-state index contributed by atoms with van der Waals surface area (Å²) in [6, 6.07) is 29.5. The molecule has 8 heteroatoms. The third-order valence-corrected chi connectivity index (χ3v) is 7.64. The van der Waals surface area contributed by atoms with Crippen molar-refractivity contribution < 1.29 is 17.9 Å². The highest BCUT2D eigenvalue weighted by Crippen LogP contribution is 2.31. The number of nitrogens with one attached hydrogen (secondary N) is 1. The number of carbonyl (C=O) groups is 1. The summed E-state index contributed by atoms with van der Waals surface area (Å²) in [5.41, 5.74) is 4.20. The number of methoxy groups -OCH3 is 1. The second kappa shape index (κ2) is 9.91. The van der Waals surface area contributed by atoms with E-state index in [9.17, 15) is 13.2 Å². The molecule has 3 aromatic carbocycles. The number of sulfonamides is 1. The number of aromatic nitrogens is 2. The molecule has 0 radical (unpaired) electrons. The van der Waals surface area contributed by atoms with Gasteiger partial charge in [0.15, 0.2) is 0 Å². The number of aryl methyl sites for hydroxylation is 1. The molecule has 2 aromatic heterocycles. The Hall–Kier alpha value is -4.43. The minimum absolute atomic E-state index is 0.0223. The third kappa shape index (κ3) is 4.96. The van der Waals surface area contributed by atoms with Gasteiger partial charge in [-0.2, -0.15) is 0 Å². The van der Waals surface area contributed by atoms with Crippen LogP contribution in [0.5, 0.6) is 5.75 Å². The lowest BCUT2D eigenvalue weighted by Gasteiger charge is -2.12. The van der Waals surface area contributed by atoms with Gasteiger partial charge in [-0.1, -0.05) is 54.6 Å². The number of amides is 1. The highest BCUT2D eigenvalue weighted by Gasteiger charge is 2.21. The van der Waals surface area contributed by atoms with Crippen molar-refractivity contribution in [3.63, 3.8) is 0 Å². The molecular formula is C29H25N3O4S. The monoisotopic (exact) mass is 511 g/mol. The van der Waals surface area contributed by atoms with Crippen molar-refractivity contribution in [1.29, 1.82) is 0 Å². The van der Waals surface area contributed by atoms with E-state index >= 15 is 0 Å². The van der Waals surface area contributed by atoms with Crippen molar-refractivity contribution in [2.75, 3.05) is 7.11 Å². The van der Waals surface area contributed by atoms with Crippen LogP contribution in [0.3, 0.4) is 0 Å². The minimum Gasteiger partial charge on any atom is -0.497 e. The molecule has 0 aliphatic heterocycles. The van der Waals surface area contributed by atoms with E-state index in [0.29, 0.717) is 17.8 Å². The first-order chi connectivity index (χ1) is 17.9. The van der Waals surface area contributed by atoms with E-state index in [2.05, 4.69) is 20.3 Å². The normalized spacial score (nSPS) is 11.4. The Kier molecular flexibility index (Phi) is 6.50. The van der Waals surface area contributed by atoms with E-state index in [4.69, 9.17) is 4.74 Å². The van der Waals surface area contributed by atoms with Gasteiger partial charge >= 0.3 is 0 Å². The molecule has 37 heavy (non-hydrogen) atoms. The van der Waals surface area contributed by atoms with Gasteiger partial charge in [-0.25, -0.2) is 18.1 Å². The van der Waals surface area contributed by atoms with Crippen LogP contribution in [0.4, 0.5) is 0 Å². The predicted octanol–water partition coefficient (Wildman–Crippen LogP) is 5.19. The maximum absolute atomic E-state index is 12.9. The number of benzene rings is 3. The van der Waals surface area contributed by atoms with E-state index in [0.717, 1.165) is 27.9 Å². The summed E-state index contributed by atoms with van der Waals surface area (Å²) in [6.45, 7) is 2.06. The summed E-state index contributed by atoms with van der Waals surface area (Å²) in [5, 5.41) is 1.01. The molecule has 1 amide bonds. The number of hydrogen-bond donors (Lipinski definition) is 1. The molecule has 0 saturated heterocycles. The Morgan fingerprint density at radius 3 is 2.43 bits per heavy atom.